The molecule has 2 fully saturated rings. The number of ether oxygens (including phenoxy) is 1. The molecular weight excluding hydrogens is 291 g/mol. The monoisotopic (exact) mass is 320 g/mol. The summed E-state index contributed by atoms with van der Waals surface area (Å²) in [4.78, 5) is 9.78. The molecule has 2 unspecified atom stereocenters. The second-order valence-corrected chi connectivity index (χ2v) is 7.97. The van der Waals surface area contributed by atoms with E-state index in [9.17, 15) is 9.46 Å². The minimum Gasteiger partial charge on any atom is -0.372 e. The Labute approximate surface area is 128 Å². The van der Waals surface area contributed by atoms with Gasteiger partial charge in [-0.05, 0) is 37.5 Å². The number of rotatable bonds is 7. The molecule has 1 aliphatic carbocycles. The van der Waals surface area contributed by atoms with Crippen LogP contribution in [0.25, 0.3) is 0 Å². The second kappa shape index (κ2) is 7.56. The highest BCUT2D eigenvalue weighted by atomic mass is 31.2. The van der Waals surface area contributed by atoms with Crippen LogP contribution in [0.3, 0.4) is 0 Å². The van der Waals surface area contributed by atoms with Crippen molar-refractivity contribution in [3.05, 3.63) is 0 Å². The van der Waals surface area contributed by atoms with Crippen molar-refractivity contribution in [2.75, 3.05) is 13.2 Å². The van der Waals surface area contributed by atoms with Crippen LogP contribution in [0.5, 0.6) is 0 Å². The third-order valence-electron chi connectivity index (χ3n) is 5.10. The van der Waals surface area contributed by atoms with E-state index >= 15 is 0 Å². The third kappa shape index (κ3) is 4.77. The summed E-state index contributed by atoms with van der Waals surface area (Å²) in [5.74, 6) is 1.22. The van der Waals surface area contributed by atoms with Crippen molar-refractivity contribution in [2.45, 2.75) is 65.1 Å². The van der Waals surface area contributed by atoms with E-state index in [1.165, 1.54) is 12.8 Å². The summed E-state index contributed by atoms with van der Waals surface area (Å²) in [6.07, 6.45) is 5.58. The first-order chi connectivity index (χ1) is 9.93. The van der Waals surface area contributed by atoms with Gasteiger partial charge in [0.05, 0.1) is 25.4 Å². The highest BCUT2D eigenvalue weighted by Crippen LogP contribution is 2.46. The maximum Gasteiger partial charge on any atom is 0.472 e. The van der Waals surface area contributed by atoms with Gasteiger partial charge >= 0.3 is 7.82 Å². The summed E-state index contributed by atoms with van der Waals surface area (Å²) in [7, 11) is -3.95. The van der Waals surface area contributed by atoms with E-state index < -0.39 is 7.82 Å². The molecule has 0 radical (unpaired) electrons. The quantitative estimate of drug-likeness (QED) is 0.724. The fourth-order valence-electron chi connectivity index (χ4n) is 3.57. The molecule has 21 heavy (non-hydrogen) atoms. The van der Waals surface area contributed by atoms with E-state index in [0.29, 0.717) is 24.4 Å². The van der Waals surface area contributed by atoms with Gasteiger partial charge in [0, 0.05) is 0 Å². The average molecular weight is 320 g/mol. The lowest BCUT2D eigenvalue weighted by molar-refractivity contribution is -0.0000225. The molecule has 124 valence electrons. The van der Waals surface area contributed by atoms with Crippen LogP contribution in [0.1, 0.15) is 52.9 Å². The van der Waals surface area contributed by atoms with Crippen molar-refractivity contribution in [1.82, 2.24) is 0 Å². The summed E-state index contributed by atoms with van der Waals surface area (Å²) in [5.41, 5.74) is 0. The van der Waals surface area contributed by atoms with Gasteiger partial charge in [-0.1, -0.05) is 33.1 Å². The molecule has 1 N–H and O–H groups in total. The van der Waals surface area contributed by atoms with Crippen LogP contribution in [0.4, 0.5) is 0 Å². The molecule has 2 rings (SSSR count). The Hall–Kier alpha value is 0.0700. The van der Waals surface area contributed by atoms with Gasteiger partial charge in [-0.3, -0.25) is 9.05 Å². The van der Waals surface area contributed by atoms with E-state index in [2.05, 4.69) is 13.8 Å². The van der Waals surface area contributed by atoms with Crippen molar-refractivity contribution >= 4 is 7.82 Å². The SMILES string of the molecule is CC[C@@H]1C(C)[C@H](C)O[C@@H]1COP(=O)(O)OCC1CCCC1. The molecule has 0 aromatic rings. The van der Waals surface area contributed by atoms with Crippen LogP contribution < -0.4 is 0 Å². The lowest BCUT2D eigenvalue weighted by Gasteiger charge is -2.21. The van der Waals surface area contributed by atoms with Crippen LogP contribution in [0.15, 0.2) is 0 Å². The Morgan fingerprint density at radius 2 is 1.81 bits per heavy atom. The molecule has 0 bridgehead atoms. The van der Waals surface area contributed by atoms with Gasteiger partial charge in [0.1, 0.15) is 0 Å². The first-order valence-electron chi connectivity index (χ1n) is 8.20. The van der Waals surface area contributed by atoms with Gasteiger partial charge in [0.25, 0.3) is 0 Å². The first-order valence-corrected chi connectivity index (χ1v) is 9.69. The summed E-state index contributed by atoms with van der Waals surface area (Å²) >= 11 is 0. The van der Waals surface area contributed by atoms with Gasteiger partial charge in [-0.15, -0.1) is 0 Å². The molecule has 0 spiro atoms. The zero-order valence-electron chi connectivity index (χ0n) is 13.4. The maximum atomic E-state index is 11.9. The summed E-state index contributed by atoms with van der Waals surface area (Å²) in [6.45, 7) is 6.77. The van der Waals surface area contributed by atoms with Crippen molar-refractivity contribution in [3.63, 3.8) is 0 Å². The van der Waals surface area contributed by atoms with Crippen molar-refractivity contribution in [3.8, 4) is 0 Å². The Bertz CT molecular complexity index is 369. The van der Waals surface area contributed by atoms with E-state index in [1.54, 1.807) is 0 Å². The van der Waals surface area contributed by atoms with Crippen molar-refractivity contribution in [2.24, 2.45) is 17.8 Å². The van der Waals surface area contributed by atoms with Crippen molar-refractivity contribution in [1.29, 1.82) is 0 Å². The smallest absolute Gasteiger partial charge is 0.372 e. The van der Waals surface area contributed by atoms with E-state index in [4.69, 9.17) is 13.8 Å². The minimum absolute atomic E-state index is 0.115. The zero-order valence-corrected chi connectivity index (χ0v) is 14.3. The fraction of sp³-hybridized carbons (Fsp3) is 1.00. The fourth-order valence-corrected chi connectivity index (χ4v) is 4.38. The standard InChI is InChI=1S/C15H29O5P/c1-4-14-11(2)12(3)20-15(14)10-19-21(16,17)18-9-13-7-5-6-8-13/h11-15H,4-10H2,1-3H3,(H,16,17)/t11?,12-,14+,15+/m0/s1. The molecule has 0 amide bonds. The number of phosphoric ester groups is 1. The van der Waals surface area contributed by atoms with Crippen LogP contribution in [0, 0.1) is 17.8 Å². The van der Waals surface area contributed by atoms with Gasteiger partial charge in [0.15, 0.2) is 0 Å². The van der Waals surface area contributed by atoms with Crippen LogP contribution in [-0.4, -0.2) is 30.3 Å². The molecule has 1 aliphatic heterocycles. The predicted octanol–water partition coefficient (Wildman–Crippen LogP) is 3.76. The minimum atomic E-state index is -3.95. The van der Waals surface area contributed by atoms with Crippen LogP contribution in [0.2, 0.25) is 0 Å². The number of phosphoric acid groups is 1. The van der Waals surface area contributed by atoms with Crippen LogP contribution >= 0.6 is 7.82 Å². The van der Waals surface area contributed by atoms with Gasteiger partial charge < -0.3 is 9.63 Å². The molecule has 5 atom stereocenters. The highest BCUT2D eigenvalue weighted by molar-refractivity contribution is 7.47. The lowest BCUT2D eigenvalue weighted by Crippen LogP contribution is -2.24. The normalized spacial score (nSPS) is 37.0. The number of hydrogen-bond acceptors (Lipinski definition) is 4. The van der Waals surface area contributed by atoms with Gasteiger partial charge in [0.2, 0.25) is 0 Å². The Balaban J connectivity index is 1.76. The molecule has 0 aromatic carbocycles. The van der Waals surface area contributed by atoms with Gasteiger partial charge in [-0.25, -0.2) is 4.57 Å². The van der Waals surface area contributed by atoms with E-state index in [1.807, 2.05) is 6.92 Å². The highest BCUT2D eigenvalue weighted by Gasteiger charge is 2.39. The molecule has 6 heteroatoms. The zero-order chi connectivity index (χ0) is 15.5. The molecule has 1 saturated carbocycles. The van der Waals surface area contributed by atoms with Gasteiger partial charge in [-0.2, -0.15) is 0 Å². The first kappa shape index (κ1) is 17.4. The van der Waals surface area contributed by atoms with E-state index in [0.717, 1.165) is 19.3 Å². The summed E-state index contributed by atoms with van der Waals surface area (Å²) < 4.78 is 28.1. The topological polar surface area (TPSA) is 65.0 Å². The summed E-state index contributed by atoms with van der Waals surface area (Å²) in [6, 6.07) is 0. The Morgan fingerprint density at radius 3 is 2.43 bits per heavy atom. The van der Waals surface area contributed by atoms with Crippen molar-refractivity contribution < 1.29 is 23.2 Å². The lowest BCUT2D eigenvalue weighted by atomic mass is 9.87. The molecule has 0 aromatic heterocycles. The molecule has 2 aliphatic rings. The second-order valence-electron chi connectivity index (χ2n) is 6.52. The number of hydrogen-bond donors (Lipinski definition) is 1. The Morgan fingerprint density at radius 1 is 1.19 bits per heavy atom. The summed E-state index contributed by atoms with van der Waals surface area (Å²) in [5, 5.41) is 0. The Kier molecular flexibility index (Phi) is 6.27. The maximum absolute atomic E-state index is 11.9. The molecule has 5 nitrogen and oxygen atoms in total. The molecule has 1 saturated heterocycles. The largest absolute Gasteiger partial charge is 0.472 e. The molecule has 1 heterocycles. The average Bonchev–Trinajstić information content (AvgIpc) is 3.04. The molecular formula is C15H29O5P. The predicted molar refractivity (Wildman–Crippen MR) is 81.0 cm³/mol. The third-order valence-corrected chi connectivity index (χ3v) is 6.05. The van der Waals surface area contributed by atoms with E-state index in [-0.39, 0.29) is 18.8 Å². The van der Waals surface area contributed by atoms with Crippen LogP contribution in [-0.2, 0) is 18.3 Å².